The van der Waals surface area contributed by atoms with Crippen LogP contribution in [0.1, 0.15) is 11.5 Å². The van der Waals surface area contributed by atoms with Crippen LogP contribution in [0.3, 0.4) is 0 Å². The first-order valence-electron chi connectivity index (χ1n) is 5.05. The molecule has 2 amide bonds. The predicted octanol–water partition coefficient (Wildman–Crippen LogP) is -0.679. The lowest BCUT2D eigenvalue weighted by Gasteiger charge is -2.05. The zero-order chi connectivity index (χ0) is 12.2. The lowest BCUT2D eigenvalue weighted by Crippen LogP contribution is -2.27. The van der Waals surface area contributed by atoms with Crippen LogP contribution in [-0.4, -0.2) is 23.3 Å². The van der Waals surface area contributed by atoms with Crippen LogP contribution >= 0.6 is 0 Å². The minimum absolute atomic E-state index is 0.420. The van der Waals surface area contributed by atoms with Crippen molar-refractivity contribution in [1.82, 2.24) is 0 Å². The molecule has 7 nitrogen and oxygen atoms in total. The van der Waals surface area contributed by atoms with Gasteiger partial charge in [0.2, 0.25) is 18.2 Å². The van der Waals surface area contributed by atoms with Gasteiger partial charge in [-0.1, -0.05) is 0 Å². The number of carbonyl (C=O) groups is 2. The molecule has 2 aliphatic rings. The highest BCUT2D eigenvalue weighted by Gasteiger charge is 2.36. The molecule has 3 rings (SSSR count). The highest BCUT2D eigenvalue weighted by atomic mass is 16.3. The monoisotopic (exact) mass is 234 g/mol. The van der Waals surface area contributed by atoms with Gasteiger partial charge in [-0.2, -0.15) is 0 Å². The summed E-state index contributed by atoms with van der Waals surface area (Å²) in [5.41, 5.74) is 7.57. The molecule has 0 saturated heterocycles. The number of anilines is 3. The fraction of sp³-hybridized carbons (Fsp3) is 0.200. The van der Waals surface area contributed by atoms with Gasteiger partial charge in [-0.3, -0.25) is 9.59 Å². The molecule has 2 unspecified atom stereocenters. The minimum Gasteiger partial charge on any atom is -0.369 e. The van der Waals surface area contributed by atoms with Crippen LogP contribution in [0.4, 0.5) is 17.1 Å². The van der Waals surface area contributed by atoms with Crippen LogP contribution in [0.2, 0.25) is 0 Å². The van der Waals surface area contributed by atoms with Crippen LogP contribution < -0.4 is 21.7 Å². The fourth-order valence-corrected chi connectivity index (χ4v) is 2.16. The van der Waals surface area contributed by atoms with E-state index in [1.807, 2.05) is 0 Å². The predicted molar refractivity (Wildman–Crippen MR) is 60.3 cm³/mol. The van der Waals surface area contributed by atoms with Crippen molar-refractivity contribution >= 4 is 28.9 Å². The van der Waals surface area contributed by atoms with Gasteiger partial charge in [0, 0.05) is 5.69 Å². The molecule has 0 spiro atoms. The summed E-state index contributed by atoms with van der Waals surface area (Å²) in [5, 5.41) is 17.5. The van der Waals surface area contributed by atoms with Crippen LogP contribution in [0.15, 0.2) is 12.1 Å². The van der Waals surface area contributed by atoms with Crippen molar-refractivity contribution in [3.05, 3.63) is 17.7 Å². The summed E-state index contributed by atoms with van der Waals surface area (Å²) in [6, 6.07) is 3.30. The van der Waals surface area contributed by atoms with Gasteiger partial charge in [0.25, 0.3) is 0 Å². The summed E-state index contributed by atoms with van der Waals surface area (Å²) in [6.07, 6.45) is -0.866. The number of hydrogen-bond acceptors (Lipinski definition) is 5. The van der Waals surface area contributed by atoms with E-state index < -0.39 is 24.1 Å². The zero-order valence-electron chi connectivity index (χ0n) is 8.65. The SMILES string of the molecule is NC(=O)C1C(=O)Nc2cc3c(cc21)NC(O)N3. The van der Waals surface area contributed by atoms with Crippen LogP contribution in [0.25, 0.3) is 0 Å². The molecule has 17 heavy (non-hydrogen) atoms. The second-order valence-corrected chi connectivity index (χ2v) is 4.00. The Morgan fingerprint density at radius 3 is 2.53 bits per heavy atom. The molecule has 7 heteroatoms. The van der Waals surface area contributed by atoms with E-state index in [2.05, 4.69) is 16.0 Å². The first-order chi connectivity index (χ1) is 8.06. The number of rotatable bonds is 1. The van der Waals surface area contributed by atoms with E-state index in [1.54, 1.807) is 12.1 Å². The highest BCUT2D eigenvalue weighted by molar-refractivity contribution is 6.16. The average Bonchev–Trinajstić information content (AvgIpc) is 2.70. The molecule has 0 bridgehead atoms. The van der Waals surface area contributed by atoms with Crippen molar-refractivity contribution in [2.45, 2.75) is 12.3 Å². The Labute approximate surface area is 96.0 Å². The lowest BCUT2D eigenvalue weighted by atomic mass is 9.99. The number of aliphatic hydroxyl groups excluding tert-OH is 1. The molecule has 2 aliphatic heterocycles. The third kappa shape index (κ3) is 1.32. The number of hydrogen-bond donors (Lipinski definition) is 5. The van der Waals surface area contributed by atoms with Crippen molar-refractivity contribution in [3.63, 3.8) is 0 Å². The molecule has 0 aliphatic carbocycles. The molecule has 88 valence electrons. The average molecular weight is 234 g/mol. The number of nitrogens with one attached hydrogen (secondary N) is 3. The van der Waals surface area contributed by atoms with E-state index in [4.69, 9.17) is 5.73 Å². The Bertz CT molecular complexity index is 543. The van der Waals surface area contributed by atoms with E-state index >= 15 is 0 Å². The number of primary amides is 1. The molecule has 2 atom stereocenters. The topological polar surface area (TPSA) is 116 Å². The second-order valence-electron chi connectivity index (χ2n) is 4.00. The summed E-state index contributed by atoms with van der Waals surface area (Å²) in [7, 11) is 0. The van der Waals surface area contributed by atoms with Gasteiger partial charge in [-0.25, -0.2) is 0 Å². The molecule has 0 saturated carbocycles. The number of nitrogens with two attached hydrogens (primary N) is 1. The summed E-state index contributed by atoms with van der Waals surface area (Å²) >= 11 is 0. The van der Waals surface area contributed by atoms with Crippen LogP contribution in [-0.2, 0) is 9.59 Å². The quantitative estimate of drug-likeness (QED) is 0.413. The normalized spacial score (nSPS) is 24.4. The Kier molecular flexibility index (Phi) is 1.81. The van der Waals surface area contributed by atoms with Crippen molar-refractivity contribution in [2.75, 3.05) is 16.0 Å². The third-order valence-electron chi connectivity index (χ3n) is 2.89. The Balaban J connectivity index is 2.10. The van der Waals surface area contributed by atoms with Gasteiger partial charge in [0.15, 0.2) is 0 Å². The van der Waals surface area contributed by atoms with Gasteiger partial charge in [0.1, 0.15) is 5.92 Å². The number of benzene rings is 1. The minimum atomic E-state index is -0.963. The molecule has 0 aromatic heterocycles. The Morgan fingerprint density at radius 2 is 1.88 bits per heavy atom. The highest BCUT2D eigenvalue weighted by Crippen LogP contribution is 2.40. The van der Waals surface area contributed by atoms with E-state index in [0.29, 0.717) is 22.6 Å². The van der Waals surface area contributed by atoms with E-state index in [9.17, 15) is 14.7 Å². The first-order valence-corrected chi connectivity index (χ1v) is 5.05. The summed E-state index contributed by atoms with van der Waals surface area (Å²) in [5.74, 6) is -2.07. The maximum atomic E-state index is 11.6. The summed E-state index contributed by atoms with van der Waals surface area (Å²) < 4.78 is 0. The van der Waals surface area contributed by atoms with Crippen molar-refractivity contribution in [1.29, 1.82) is 0 Å². The fourth-order valence-electron chi connectivity index (χ4n) is 2.16. The standard InChI is InChI=1S/C10H10N4O3/c11-8(15)7-3-1-5-6(14-10(17)13-5)2-4(3)12-9(7)16/h1-2,7,10,13-14,17H,(H2,11,15)(H,12,16). The summed E-state index contributed by atoms with van der Waals surface area (Å²) in [6.45, 7) is 0. The summed E-state index contributed by atoms with van der Waals surface area (Å²) in [4.78, 5) is 22.8. The second kappa shape index (κ2) is 3.11. The third-order valence-corrected chi connectivity index (χ3v) is 2.89. The maximum Gasteiger partial charge on any atom is 0.241 e. The van der Waals surface area contributed by atoms with E-state index in [-0.39, 0.29) is 0 Å². The van der Waals surface area contributed by atoms with Gasteiger partial charge in [0.05, 0.1) is 11.4 Å². The number of aliphatic hydroxyl groups is 1. The van der Waals surface area contributed by atoms with Gasteiger partial charge < -0.3 is 26.8 Å². The molecular formula is C10H10N4O3. The molecular weight excluding hydrogens is 224 g/mol. The first kappa shape index (κ1) is 9.91. The van der Waals surface area contributed by atoms with E-state index in [0.717, 1.165) is 0 Å². The van der Waals surface area contributed by atoms with Crippen LogP contribution in [0, 0.1) is 0 Å². The van der Waals surface area contributed by atoms with Crippen molar-refractivity contribution in [2.24, 2.45) is 5.73 Å². The largest absolute Gasteiger partial charge is 0.369 e. The number of amides is 2. The molecule has 0 radical (unpaired) electrons. The Hall–Kier alpha value is -2.28. The molecule has 1 aromatic rings. The molecule has 1 aromatic carbocycles. The molecule has 0 fully saturated rings. The zero-order valence-corrected chi connectivity index (χ0v) is 8.65. The number of carbonyl (C=O) groups excluding carboxylic acids is 2. The lowest BCUT2D eigenvalue weighted by molar-refractivity contribution is -0.126. The van der Waals surface area contributed by atoms with Crippen molar-refractivity contribution < 1.29 is 14.7 Å². The van der Waals surface area contributed by atoms with Gasteiger partial charge in [-0.15, -0.1) is 0 Å². The smallest absolute Gasteiger partial charge is 0.241 e. The van der Waals surface area contributed by atoms with E-state index in [1.165, 1.54) is 0 Å². The number of fused-ring (bicyclic) bond motifs is 2. The van der Waals surface area contributed by atoms with Crippen LogP contribution in [0.5, 0.6) is 0 Å². The molecule has 2 heterocycles. The molecule has 6 N–H and O–H groups in total. The van der Waals surface area contributed by atoms with Crippen molar-refractivity contribution in [3.8, 4) is 0 Å². The van der Waals surface area contributed by atoms with Gasteiger partial charge >= 0.3 is 0 Å². The Morgan fingerprint density at radius 1 is 1.24 bits per heavy atom. The maximum absolute atomic E-state index is 11.6. The van der Waals surface area contributed by atoms with Gasteiger partial charge in [-0.05, 0) is 17.7 Å².